The Morgan fingerprint density at radius 2 is 2.31 bits per heavy atom. The normalized spacial score (nSPS) is 12.1. The summed E-state index contributed by atoms with van der Waals surface area (Å²) in [5.74, 6) is -2.01. The second-order valence-electron chi connectivity index (χ2n) is 3.03. The molecule has 1 rings (SSSR count). The number of halogens is 1. The van der Waals surface area contributed by atoms with Crippen molar-refractivity contribution in [2.75, 3.05) is 7.11 Å². The van der Waals surface area contributed by atoms with Crippen LogP contribution in [0, 0.1) is 5.82 Å². The van der Waals surface area contributed by atoms with Crippen molar-refractivity contribution in [2.24, 2.45) is 5.73 Å². The molecular weight excluding hydrogens is 232 g/mol. The molecule has 83 valence electrons. The van der Waals surface area contributed by atoms with Crippen molar-refractivity contribution in [3.63, 3.8) is 0 Å². The maximum absolute atomic E-state index is 13.5. The Balaban J connectivity index is 3.05. The van der Waals surface area contributed by atoms with Gasteiger partial charge in [-0.3, -0.25) is 0 Å². The van der Waals surface area contributed by atoms with Crippen molar-refractivity contribution in [3.8, 4) is 5.75 Å². The summed E-state index contributed by atoms with van der Waals surface area (Å²) in [6.45, 7) is 0. The number of nitrogens with zero attached hydrogens (tertiary/aromatic N) is 2. The zero-order valence-corrected chi connectivity index (χ0v) is 9.63. The number of carbonyl (C=O) groups is 1. The third-order valence-corrected chi connectivity index (χ3v) is 2.27. The van der Waals surface area contributed by atoms with Crippen molar-refractivity contribution in [1.29, 1.82) is 0 Å². The molecule has 3 N–H and O–H groups in total. The summed E-state index contributed by atoms with van der Waals surface area (Å²) in [5.41, 5.74) is 5.39. The molecule has 1 aromatic heterocycles. The molecule has 1 radical (unpaired) electrons. The Labute approximate surface area is 99.0 Å². The third-order valence-electron chi connectivity index (χ3n) is 1.90. The maximum atomic E-state index is 13.5. The van der Waals surface area contributed by atoms with Gasteiger partial charge < -0.3 is 0 Å². The zero-order chi connectivity index (χ0) is 12.3. The van der Waals surface area contributed by atoms with E-state index in [-0.39, 0.29) is 22.4 Å². The van der Waals surface area contributed by atoms with Crippen molar-refractivity contribution < 1.29 is 19.0 Å². The number of rotatable bonds is 4. The van der Waals surface area contributed by atoms with Gasteiger partial charge in [0.1, 0.15) is 0 Å². The first-order chi connectivity index (χ1) is 7.47. The van der Waals surface area contributed by atoms with E-state index in [1.807, 2.05) is 0 Å². The van der Waals surface area contributed by atoms with Crippen LogP contribution in [-0.2, 0) is 11.2 Å². The molecule has 1 unspecified atom stereocenters. The van der Waals surface area contributed by atoms with Gasteiger partial charge in [-0.2, -0.15) is 0 Å². The first-order valence-corrected chi connectivity index (χ1v) is 4.88. The molecule has 0 spiro atoms. The van der Waals surface area contributed by atoms with Gasteiger partial charge >= 0.3 is 98.6 Å². The summed E-state index contributed by atoms with van der Waals surface area (Å²) < 4.78 is 18.3. The van der Waals surface area contributed by atoms with Crippen LogP contribution >= 0.6 is 0 Å². The van der Waals surface area contributed by atoms with Crippen molar-refractivity contribution in [2.45, 2.75) is 12.5 Å². The standard InChI is InChI=1S/C8H9FN3O3.Al/c1-15-7-4(9)3-11-12-6(7)2-5(10)8(13)14;/h5H,2,10H2,1H3,(H,13,14);/q;+1. The van der Waals surface area contributed by atoms with Gasteiger partial charge in [-0.05, 0) is 0 Å². The van der Waals surface area contributed by atoms with Crippen LogP contribution in [0.15, 0.2) is 0 Å². The van der Waals surface area contributed by atoms with Gasteiger partial charge in [-0.1, -0.05) is 0 Å². The Morgan fingerprint density at radius 1 is 1.69 bits per heavy atom. The number of carboxylic acids is 1. The van der Waals surface area contributed by atoms with E-state index in [1.54, 1.807) is 0 Å². The SMILES string of the molecule is COc1c(CC(N)C(=O)O)nn[c]([Al+])c1F. The molecule has 0 aliphatic heterocycles. The monoisotopic (exact) mass is 241 g/mol. The fourth-order valence-corrected chi connectivity index (χ4v) is 1.27. The molecular formula is C8H9AlFN3O3+. The molecule has 1 atom stereocenters. The number of methoxy groups -OCH3 is 1. The first-order valence-electron chi connectivity index (χ1n) is 4.30. The summed E-state index contributed by atoms with van der Waals surface area (Å²) in [6, 6.07) is -1.17. The van der Waals surface area contributed by atoms with E-state index in [4.69, 9.17) is 15.6 Å². The minimum atomic E-state index is -1.20. The van der Waals surface area contributed by atoms with Gasteiger partial charge in [0.2, 0.25) is 0 Å². The van der Waals surface area contributed by atoms with Crippen molar-refractivity contribution >= 4 is 26.8 Å². The topological polar surface area (TPSA) is 98.3 Å². The van der Waals surface area contributed by atoms with Crippen molar-refractivity contribution in [3.05, 3.63) is 11.5 Å². The first kappa shape index (κ1) is 12.8. The molecule has 1 aromatic rings. The van der Waals surface area contributed by atoms with E-state index in [1.165, 1.54) is 7.11 Å². The molecule has 0 fully saturated rings. The molecule has 16 heavy (non-hydrogen) atoms. The third kappa shape index (κ3) is 2.67. The van der Waals surface area contributed by atoms with E-state index >= 15 is 0 Å². The molecule has 1 heterocycles. The molecule has 0 aliphatic rings. The van der Waals surface area contributed by atoms with Gasteiger partial charge in [-0.25, -0.2) is 0 Å². The molecule has 0 aromatic carbocycles. The van der Waals surface area contributed by atoms with Gasteiger partial charge in [0.25, 0.3) is 0 Å². The summed E-state index contributed by atoms with van der Waals surface area (Å²) in [4.78, 5) is 10.5. The minimum absolute atomic E-state index is 0.00416. The summed E-state index contributed by atoms with van der Waals surface area (Å²) >= 11 is 2.06. The summed E-state index contributed by atoms with van der Waals surface area (Å²) in [7, 11) is 1.26. The summed E-state index contributed by atoms with van der Waals surface area (Å²) in [6.07, 6.45) is -0.145. The zero-order valence-electron chi connectivity index (χ0n) is 8.48. The number of nitrogens with two attached hydrogens (primary N) is 1. The Bertz CT molecular complexity index is 416. The molecule has 0 aliphatic carbocycles. The van der Waals surface area contributed by atoms with Gasteiger partial charge in [-0.15, -0.1) is 0 Å². The van der Waals surface area contributed by atoms with Crippen LogP contribution in [-0.4, -0.2) is 50.7 Å². The van der Waals surface area contributed by atoms with Gasteiger partial charge in [0, 0.05) is 0 Å². The molecule has 0 bridgehead atoms. The van der Waals surface area contributed by atoms with Crippen LogP contribution in [0.1, 0.15) is 5.69 Å². The van der Waals surface area contributed by atoms with Crippen LogP contribution in [0.5, 0.6) is 5.75 Å². The van der Waals surface area contributed by atoms with Crippen LogP contribution < -0.4 is 15.0 Å². The van der Waals surface area contributed by atoms with E-state index in [2.05, 4.69) is 26.5 Å². The van der Waals surface area contributed by atoms with Crippen molar-refractivity contribution in [1.82, 2.24) is 10.2 Å². The molecule has 0 amide bonds. The number of hydrogen-bond donors (Lipinski definition) is 2. The van der Waals surface area contributed by atoms with Gasteiger partial charge in [0.15, 0.2) is 0 Å². The molecule has 6 nitrogen and oxygen atoms in total. The van der Waals surface area contributed by atoms with Crippen LogP contribution in [0.2, 0.25) is 0 Å². The molecule has 8 heteroatoms. The fourth-order valence-electron chi connectivity index (χ4n) is 1.08. The number of ether oxygens (including phenoxy) is 1. The molecule has 0 saturated heterocycles. The number of hydrogen-bond acceptors (Lipinski definition) is 5. The van der Waals surface area contributed by atoms with Crippen LogP contribution in [0.25, 0.3) is 0 Å². The predicted molar refractivity (Wildman–Crippen MR) is 53.2 cm³/mol. The number of carboxylic acid groups (broad SMARTS) is 1. The molecule has 0 saturated carbocycles. The quantitative estimate of drug-likeness (QED) is 0.614. The second-order valence-corrected chi connectivity index (χ2v) is 3.57. The fraction of sp³-hybridized carbons (Fsp3) is 0.375. The van der Waals surface area contributed by atoms with Crippen LogP contribution in [0.3, 0.4) is 0 Å². The van der Waals surface area contributed by atoms with E-state index in [0.29, 0.717) is 0 Å². The number of aliphatic carboxylic acids is 1. The Hall–Kier alpha value is -1.23. The van der Waals surface area contributed by atoms with E-state index < -0.39 is 17.8 Å². The van der Waals surface area contributed by atoms with E-state index in [0.717, 1.165) is 0 Å². The second kappa shape index (κ2) is 5.21. The van der Waals surface area contributed by atoms with Crippen LogP contribution in [0.4, 0.5) is 4.39 Å². The van der Waals surface area contributed by atoms with Gasteiger partial charge in [0.05, 0.1) is 0 Å². The number of aromatic nitrogens is 2. The predicted octanol–water partition coefficient (Wildman–Crippen LogP) is -1.63. The Morgan fingerprint density at radius 3 is 2.81 bits per heavy atom. The summed E-state index contributed by atoms with van der Waals surface area (Å²) in [5, 5.41) is 15.8. The average Bonchev–Trinajstić information content (AvgIpc) is 2.23. The average molecular weight is 241 g/mol. The van der Waals surface area contributed by atoms with E-state index in [9.17, 15) is 9.18 Å². The Kier molecular flexibility index (Phi) is 4.18.